The van der Waals surface area contributed by atoms with Gasteiger partial charge < -0.3 is 14.6 Å². The summed E-state index contributed by atoms with van der Waals surface area (Å²) in [6.07, 6.45) is 2.12. The number of rotatable bonds is 8. The summed E-state index contributed by atoms with van der Waals surface area (Å²) < 4.78 is 7.62. The molecule has 1 aromatic heterocycles. The van der Waals surface area contributed by atoms with Crippen molar-refractivity contribution in [3.63, 3.8) is 0 Å². The molecule has 0 fully saturated rings. The number of hydrogen-bond donors (Lipinski definition) is 1. The summed E-state index contributed by atoms with van der Waals surface area (Å²) in [5.74, 6) is 0.701. The van der Waals surface area contributed by atoms with Gasteiger partial charge in [0.15, 0.2) is 0 Å². The Hall–Kier alpha value is -0.800. The van der Waals surface area contributed by atoms with Crippen LogP contribution in [0.25, 0.3) is 0 Å². The topological polar surface area (TPSA) is 26.2 Å². The molecule has 92 valence electrons. The molecule has 3 heteroatoms. The van der Waals surface area contributed by atoms with Gasteiger partial charge in [-0.2, -0.15) is 0 Å². The first-order valence-electron chi connectivity index (χ1n) is 6.16. The van der Waals surface area contributed by atoms with Crippen molar-refractivity contribution in [2.24, 2.45) is 5.92 Å². The van der Waals surface area contributed by atoms with Crippen LogP contribution in [0.15, 0.2) is 18.3 Å². The predicted molar refractivity (Wildman–Crippen MR) is 67.5 cm³/mol. The Balaban J connectivity index is 2.32. The fraction of sp³-hybridized carbons (Fsp3) is 0.692. The first-order valence-corrected chi connectivity index (χ1v) is 6.16. The van der Waals surface area contributed by atoms with Crippen molar-refractivity contribution in [2.45, 2.75) is 33.9 Å². The zero-order valence-corrected chi connectivity index (χ0v) is 10.7. The summed E-state index contributed by atoms with van der Waals surface area (Å²) in [5.41, 5.74) is 1.33. The average molecular weight is 224 g/mol. The molecule has 0 spiro atoms. The van der Waals surface area contributed by atoms with Gasteiger partial charge in [-0.25, -0.2) is 0 Å². The molecule has 0 aliphatic rings. The lowest BCUT2D eigenvalue weighted by Crippen LogP contribution is -2.21. The normalized spacial score (nSPS) is 11.2. The highest BCUT2D eigenvalue weighted by atomic mass is 16.5. The van der Waals surface area contributed by atoms with Gasteiger partial charge in [0.1, 0.15) is 0 Å². The number of aromatic nitrogens is 1. The van der Waals surface area contributed by atoms with E-state index in [4.69, 9.17) is 4.74 Å². The zero-order chi connectivity index (χ0) is 11.8. The minimum atomic E-state index is 0.701. The molecule has 0 amide bonds. The van der Waals surface area contributed by atoms with Gasteiger partial charge in [-0.1, -0.05) is 13.8 Å². The highest BCUT2D eigenvalue weighted by Crippen LogP contribution is 2.02. The van der Waals surface area contributed by atoms with Crippen molar-refractivity contribution in [3.05, 3.63) is 24.0 Å². The molecule has 0 aromatic carbocycles. The molecule has 16 heavy (non-hydrogen) atoms. The Morgan fingerprint density at radius 2 is 2.25 bits per heavy atom. The molecule has 1 aromatic rings. The molecule has 0 unspecified atom stereocenters. The second-order valence-electron chi connectivity index (χ2n) is 4.41. The lowest BCUT2D eigenvalue weighted by atomic mass is 10.2. The van der Waals surface area contributed by atoms with E-state index in [9.17, 15) is 0 Å². The van der Waals surface area contributed by atoms with Crippen molar-refractivity contribution in [2.75, 3.05) is 19.8 Å². The SMILES string of the molecule is CCOCCn1cccc1CNCC(C)C. The summed E-state index contributed by atoms with van der Waals surface area (Å²) in [6, 6.07) is 4.26. The van der Waals surface area contributed by atoms with Crippen LogP contribution in [0.4, 0.5) is 0 Å². The van der Waals surface area contributed by atoms with E-state index in [-0.39, 0.29) is 0 Å². The summed E-state index contributed by atoms with van der Waals surface area (Å²) in [7, 11) is 0. The highest BCUT2D eigenvalue weighted by Gasteiger charge is 2.00. The van der Waals surface area contributed by atoms with Gasteiger partial charge in [0.05, 0.1) is 6.61 Å². The van der Waals surface area contributed by atoms with E-state index < -0.39 is 0 Å². The summed E-state index contributed by atoms with van der Waals surface area (Å²) in [6.45, 7) is 11.0. The molecule has 0 radical (unpaired) electrons. The van der Waals surface area contributed by atoms with Gasteiger partial charge in [0, 0.05) is 31.6 Å². The van der Waals surface area contributed by atoms with Gasteiger partial charge in [-0.3, -0.25) is 0 Å². The van der Waals surface area contributed by atoms with Gasteiger partial charge in [0.2, 0.25) is 0 Å². The zero-order valence-electron chi connectivity index (χ0n) is 10.7. The van der Waals surface area contributed by atoms with Crippen LogP contribution in [0.2, 0.25) is 0 Å². The van der Waals surface area contributed by atoms with Crippen LogP contribution >= 0.6 is 0 Å². The van der Waals surface area contributed by atoms with Crippen molar-refractivity contribution >= 4 is 0 Å². The fourth-order valence-electron chi connectivity index (χ4n) is 1.62. The number of ether oxygens (including phenoxy) is 1. The maximum absolute atomic E-state index is 5.36. The van der Waals surface area contributed by atoms with Gasteiger partial charge in [-0.15, -0.1) is 0 Å². The Kier molecular flexibility index (Phi) is 6.19. The van der Waals surface area contributed by atoms with Crippen LogP contribution in [0.5, 0.6) is 0 Å². The molecular weight excluding hydrogens is 200 g/mol. The largest absolute Gasteiger partial charge is 0.380 e. The Bertz CT molecular complexity index is 281. The second kappa shape index (κ2) is 7.47. The van der Waals surface area contributed by atoms with Crippen molar-refractivity contribution in [3.8, 4) is 0 Å². The van der Waals surface area contributed by atoms with E-state index >= 15 is 0 Å². The van der Waals surface area contributed by atoms with E-state index in [1.807, 2.05) is 6.92 Å². The van der Waals surface area contributed by atoms with E-state index in [0.29, 0.717) is 5.92 Å². The number of nitrogens with zero attached hydrogens (tertiary/aromatic N) is 1. The van der Waals surface area contributed by atoms with Gasteiger partial charge in [0.25, 0.3) is 0 Å². The van der Waals surface area contributed by atoms with Gasteiger partial charge >= 0.3 is 0 Å². The lowest BCUT2D eigenvalue weighted by Gasteiger charge is -2.11. The van der Waals surface area contributed by atoms with E-state index in [1.165, 1.54) is 5.69 Å². The fourth-order valence-corrected chi connectivity index (χ4v) is 1.62. The molecule has 0 aliphatic carbocycles. The third kappa shape index (κ3) is 4.81. The minimum Gasteiger partial charge on any atom is -0.380 e. The van der Waals surface area contributed by atoms with Crippen LogP contribution in [-0.4, -0.2) is 24.3 Å². The number of nitrogens with one attached hydrogen (secondary N) is 1. The van der Waals surface area contributed by atoms with Crippen LogP contribution in [-0.2, 0) is 17.8 Å². The van der Waals surface area contributed by atoms with E-state index in [0.717, 1.165) is 32.8 Å². The smallest absolute Gasteiger partial charge is 0.0645 e. The first-order chi connectivity index (χ1) is 7.74. The quantitative estimate of drug-likeness (QED) is 0.686. The third-order valence-electron chi connectivity index (χ3n) is 2.46. The molecule has 1 heterocycles. The van der Waals surface area contributed by atoms with Crippen LogP contribution < -0.4 is 5.32 Å². The standard InChI is InChI=1S/C13H24N2O/c1-4-16-9-8-15-7-5-6-13(15)11-14-10-12(2)3/h5-7,12,14H,4,8-11H2,1-3H3. The Labute approximate surface area is 98.8 Å². The maximum atomic E-state index is 5.36. The maximum Gasteiger partial charge on any atom is 0.0645 e. The Morgan fingerprint density at radius 1 is 1.44 bits per heavy atom. The highest BCUT2D eigenvalue weighted by molar-refractivity contribution is 5.06. The van der Waals surface area contributed by atoms with E-state index in [1.54, 1.807) is 0 Å². The summed E-state index contributed by atoms with van der Waals surface area (Å²) in [4.78, 5) is 0. The predicted octanol–water partition coefficient (Wildman–Crippen LogP) is 2.27. The molecule has 0 atom stereocenters. The molecule has 1 N–H and O–H groups in total. The average Bonchev–Trinajstić information content (AvgIpc) is 2.66. The Morgan fingerprint density at radius 3 is 2.94 bits per heavy atom. The first kappa shape index (κ1) is 13.3. The molecular formula is C13H24N2O. The van der Waals surface area contributed by atoms with Crippen LogP contribution in [0.3, 0.4) is 0 Å². The van der Waals surface area contributed by atoms with Crippen molar-refractivity contribution in [1.29, 1.82) is 0 Å². The lowest BCUT2D eigenvalue weighted by molar-refractivity contribution is 0.138. The number of hydrogen-bond acceptors (Lipinski definition) is 2. The third-order valence-corrected chi connectivity index (χ3v) is 2.46. The van der Waals surface area contributed by atoms with Crippen molar-refractivity contribution < 1.29 is 4.74 Å². The van der Waals surface area contributed by atoms with E-state index in [2.05, 4.69) is 42.1 Å². The van der Waals surface area contributed by atoms with Gasteiger partial charge in [-0.05, 0) is 31.5 Å². The van der Waals surface area contributed by atoms with Crippen LogP contribution in [0, 0.1) is 5.92 Å². The van der Waals surface area contributed by atoms with Crippen LogP contribution in [0.1, 0.15) is 26.5 Å². The minimum absolute atomic E-state index is 0.701. The molecule has 0 bridgehead atoms. The summed E-state index contributed by atoms with van der Waals surface area (Å²) in [5, 5.41) is 3.46. The second-order valence-corrected chi connectivity index (χ2v) is 4.41. The monoisotopic (exact) mass is 224 g/mol. The molecule has 0 saturated carbocycles. The summed E-state index contributed by atoms with van der Waals surface area (Å²) >= 11 is 0. The molecule has 0 saturated heterocycles. The molecule has 1 rings (SSSR count). The molecule has 3 nitrogen and oxygen atoms in total. The van der Waals surface area contributed by atoms with Crippen molar-refractivity contribution in [1.82, 2.24) is 9.88 Å². The molecule has 0 aliphatic heterocycles.